The second-order valence-corrected chi connectivity index (χ2v) is 8.32. The Morgan fingerprint density at radius 1 is 1.08 bits per heavy atom. The number of piperazine rings is 1. The van der Waals surface area contributed by atoms with Gasteiger partial charge in [-0.1, -0.05) is 36.2 Å². The molecule has 1 amide bonds. The van der Waals surface area contributed by atoms with Crippen molar-refractivity contribution >= 4 is 29.1 Å². The van der Waals surface area contributed by atoms with Gasteiger partial charge in [0.25, 0.3) is 0 Å². The maximum atomic E-state index is 12.6. The lowest BCUT2D eigenvalue weighted by molar-refractivity contribution is -0.132. The van der Waals surface area contributed by atoms with Crippen molar-refractivity contribution in [1.29, 1.82) is 0 Å². The van der Waals surface area contributed by atoms with Gasteiger partial charge in [-0.25, -0.2) is 0 Å². The number of halogens is 2. The molecule has 0 N–H and O–H groups in total. The summed E-state index contributed by atoms with van der Waals surface area (Å²) in [6.45, 7) is 10.7. The van der Waals surface area contributed by atoms with Crippen molar-refractivity contribution in [3.63, 3.8) is 0 Å². The number of hydrogen-bond acceptors (Lipinski definition) is 3. The van der Waals surface area contributed by atoms with E-state index in [2.05, 4.69) is 16.7 Å². The smallest absolute Gasteiger partial charge is 0.227 e. The Kier molecular flexibility index (Phi) is 7.21. The minimum absolute atomic E-state index is 0.179. The van der Waals surface area contributed by atoms with Crippen LogP contribution in [0.1, 0.15) is 25.3 Å². The molecule has 0 aliphatic carbocycles. The maximum Gasteiger partial charge on any atom is 0.227 e. The fourth-order valence-electron chi connectivity index (χ4n) is 4.07. The average molecular weight is 398 g/mol. The summed E-state index contributed by atoms with van der Waals surface area (Å²) in [7, 11) is 0. The highest BCUT2D eigenvalue weighted by atomic mass is 35.5. The Bertz CT molecular complexity index is 617. The first-order valence-corrected chi connectivity index (χ1v) is 10.5. The van der Waals surface area contributed by atoms with Gasteiger partial charge in [-0.15, -0.1) is 0 Å². The van der Waals surface area contributed by atoms with Gasteiger partial charge in [-0.05, 0) is 49.5 Å². The van der Waals surface area contributed by atoms with Crippen molar-refractivity contribution < 1.29 is 4.79 Å². The third-order valence-electron chi connectivity index (χ3n) is 5.63. The van der Waals surface area contributed by atoms with Gasteiger partial charge < -0.3 is 9.80 Å². The second-order valence-electron chi connectivity index (χ2n) is 7.51. The Balaban J connectivity index is 1.44. The number of benzene rings is 1. The highest BCUT2D eigenvalue weighted by Crippen LogP contribution is 2.23. The van der Waals surface area contributed by atoms with Crippen LogP contribution in [0.25, 0.3) is 0 Å². The van der Waals surface area contributed by atoms with E-state index < -0.39 is 0 Å². The van der Waals surface area contributed by atoms with Crippen LogP contribution < -0.4 is 0 Å². The van der Waals surface area contributed by atoms with Crippen LogP contribution in [0.3, 0.4) is 0 Å². The standard InChI is InChI=1S/C20H29Cl2N3O/c1-2-23-7-3-4-17(14-23)15-24-8-10-25(11-9-24)20(26)13-16-5-6-18(21)19(22)12-16/h5-6,12,17H,2-4,7-11,13-15H2,1H3/t17-/m1/s1. The molecular weight excluding hydrogens is 369 g/mol. The molecule has 1 atom stereocenters. The molecule has 144 valence electrons. The van der Waals surface area contributed by atoms with Gasteiger partial charge in [-0.2, -0.15) is 0 Å². The van der Waals surface area contributed by atoms with Crippen LogP contribution in [-0.2, 0) is 11.2 Å². The van der Waals surface area contributed by atoms with Crippen molar-refractivity contribution in [2.24, 2.45) is 5.92 Å². The lowest BCUT2D eigenvalue weighted by atomic mass is 9.97. The zero-order chi connectivity index (χ0) is 18.5. The van der Waals surface area contributed by atoms with Crippen molar-refractivity contribution in [2.75, 3.05) is 52.4 Å². The van der Waals surface area contributed by atoms with E-state index >= 15 is 0 Å². The molecule has 0 spiro atoms. The van der Waals surface area contributed by atoms with Crippen LogP contribution in [0.4, 0.5) is 0 Å². The summed E-state index contributed by atoms with van der Waals surface area (Å²) in [6.07, 6.45) is 3.05. The summed E-state index contributed by atoms with van der Waals surface area (Å²) >= 11 is 12.0. The molecule has 2 heterocycles. The number of likely N-dealkylation sites (tertiary alicyclic amines) is 1. The van der Waals surface area contributed by atoms with Gasteiger partial charge in [0.05, 0.1) is 16.5 Å². The third-order valence-corrected chi connectivity index (χ3v) is 6.37. The van der Waals surface area contributed by atoms with Crippen LogP contribution in [-0.4, -0.2) is 73.0 Å². The topological polar surface area (TPSA) is 26.8 Å². The van der Waals surface area contributed by atoms with Gasteiger partial charge in [0, 0.05) is 39.3 Å². The number of amides is 1. The maximum absolute atomic E-state index is 12.6. The molecule has 0 bridgehead atoms. The van der Waals surface area contributed by atoms with E-state index in [1.54, 1.807) is 12.1 Å². The number of hydrogen-bond donors (Lipinski definition) is 0. The van der Waals surface area contributed by atoms with Crippen LogP contribution in [0.15, 0.2) is 18.2 Å². The number of piperidine rings is 1. The van der Waals surface area contributed by atoms with E-state index in [0.29, 0.717) is 16.5 Å². The zero-order valence-electron chi connectivity index (χ0n) is 15.6. The van der Waals surface area contributed by atoms with E-state index in [0.717, 1.165) is 44.2 Å². The van der Waals surface area contributed by atoms with Gasteiger partial charge >= 0.3 is 0 Å². The van der Waals surface area contributed by atoms with E-state index in [4.69, 9.17) is 23.2 Å². The average Bonchev–Trinajstić information content (AvgIpc) is 2.65. The van der Waals surface area contributed by atoms with E-state index in [-0.39, 0.29) is 5.91 Å². The van der Waals surface area contributed by atoms with Gasteiger partial charge in [0.1, 0.15) is 0 Å². The van der Waals surface area contributed by atoms with Crippen LogP contribution in [0.2, 0.25) is 10.0 Å². The molecule has 2 saturated heterocycles. The first kappa shape index (κ1) is 19.9. The first-order valence-electron chi connectivity index (χ1n) is 9.71. The summed E-state index contributed by atoms with van der Waals surface area (Å²) in [5.41, 5.74) is 0.925. The fraction of sp³-hybridized carbons (Fsp3) is 0.650. The number of nitrogens with zero attached hydrogens (tertiary/aromatic N) is 3. The molecule has 1 aromatic carbocycles. The first-order chi connectivity index (χ1) is 12.5. The van der Waals surface area contributed by atoms with Crippen molar-refractivity contribution in [2.45, 2.75) is 26.2 Å². The monoisotopic (exact) mass is 397 g/mol. The predicted molar refractivity (Wildman–Crippen MR) is 108 cm³/mol. The van der Waals surface area contributed by atoms with E-state index in [1.165, 1.54) is 32.5 Å². The quantitative estimate of drug-likeness (QED) is 0.761. The van der Waals surface area contributed by atoms with Crippen molar-refractivity contribution in [1.82, 2.24) is 14.7 Å². The van der Waals surface area contributed by atoms with E-state index in [1.807, 2.05) is 11.0 Å². The van der Waals surface area contributed by atoms with E-state index in [9.17, 15) is 4.79 Å². The Labute approximate surface area is 167 Å². The van der Waals surface area contributed by atoms with Crippen LogP contribution >= 0.6 is 23.2 Å². The highest BCUT2D eigenvalue weighted by molar-refractivity contribution is 6.42. The molecule has 2 aliphatic rings. The van der Waals surface area contributed by atoms with Gasteiger partial charge in [0.15, 0.2) is 0 Å². The molecule has 3 rings (SSSR count). The largest absolute Gasteiger partial charge is 0.340 e. The molecule has 0 unspecified atom stereocenters. The Morgan fingerprint density at radius 3 is 2.54 bits per heavy atom. The molecule has 0 saturated carbocycles. The Hall–Kier alpha value is -0.810. The zero-order valence-corrected chi connectivity index (χ0v) is 17.1. The minimum Gasteiger partial charge on any atom is -0.340 e. The van der Waals surface area contributed by atoms with Crippen molar-refractivity contribution in [3.05, 3.63) is 33.8 Å². The summed E-state index contributed by atoms with van der Waals surface area (Å²) in [6, 6.07) is 5.43. The lowest BCUT2D eigenvalue weighted by Crippen LogP contribution is -2.51. The predicted octanol–water partition coefficient (Wildman–Crippen LogP) is 3.41. The van der Waals surface area contributed by atoms with Crippen LogP contribution in [0.5, 0.6) is 0 Å². The number of carbonyl (C=O) groups is 1. The highest BCUT2D eigenvalue weighted by Gasteiger charge is 2.25. The molecule has 0 radical (unpaired) electrons. The summed E-state index contributed by atoms with van der Waals surface area (Å²) in [5.74, 6) is 0.958. The van der Waals surface area contributed by atoms with Crippen molar-refractivity contribution in [3.8, 4) is 0 Å². The summed E-state index contributed by atoms with van der Waals surface area (Å²) in [5, 5.41) is 1.04. The minimum atomic E-state index is 0.179. The molecule has 2 fully saturated rings. The SMILES string of the molecule is CCN1CCC[C@@H](CN2CCN(C(=O)Cc3ccc(Cl)c(Cl)c3)CC2)C1. The van der Waals surface area contributed by atoms with Gasteiger partial charge in [0.2, 0.25) is 5.91 Å². The lowest BCUT2D eigenvalue weighted by Gasteiger charge is -2.39. The Morgan fingerprint density at radius 2 is 1.85 bits per heavy atom. The molecule has 2 aliphatic heterocycles. The summed E-state index contributed by atoms with van der Waals surface area (Å²) in [4.78, 5) is 19.6. The second kappa shape index (κ2) is 9.41. The third kappa shape index (κ3) is 5.35. The molecular formula is C20H29Cl2N3O. The van der Waals surface area contributed by atoms with Crippen LogP contribution in [0, 0.1) is 5.92 Å². The molecule has 26 heavy (non-hydrogen) atoms. The fourth-order valence-corrected chi connectivity index (χ4v) is 4.39. The number of rotatable bonds is 5. The summed E-state index contributed by atoms with van der Waals surface area (Å²) < 4.78 is 0. The molecule has 4 nitrogen and oxygen atoms in total. The van der Waals surface area contributed by atoms with Gasteiger partial charge in [-0.3, -0.25) is 9.69 Å². The number of carbonyl (C=O) groups excluding carboxylic acids is 1. The molecule has 1 aromatic rings. The molecule has 6 heteroatoms. The molecule has 0 aromatic heterocycles. The normalized spacial score (nSPS) is 22.6.